The lowest BCUT2D eigenvalue weighted by Crippen LogP contribution is -2.36. The molecule has 0 N–H and O–H groups in total. The van der Waals surface area contributed by atoms with E-state index in [1.54, 1.807) is 42.6 Å². The number of nitriles is 1. The number of aromatic nitrogens is 1. The maximum Gasteiger partial charge on any atom is 0.223 e. The predicted octanol–water partition coefficient (Wildman–Crippen LogP) is 5.73. The van der Waals surface area contributed by atoms with E-state index in [0.717, 1.165) is 28.5 Å². The quantitative estimate of drug-likeness (QED) is 0.376. The van der Waals surface area contributed by atoms with E-state index in [4.69, 9.17) is 10.00 Å². The van der Waals surface area contributed by atoms with Crippen LogP contribution in [0.25, 0.3) is 10.9 Å². The molecule has 1 saturated heterocycles. The van der Waals surface area contributed by atoms with Gasteiger partial charge >= 0.3 is 0 Å². The van der Waals surface area contributed by atoms with Crippen molar-refractivity contribution < 1.29 is 13.9 Å². The summed E-state index contributed by atoms with van der Waals surface area (Å²) in [5.41, 5.74) is 3.02. The van der Waals surface area contributed by atoms with Gasteiger partial charge in [0.05, 0.1) is 23.2 Å². The van der Waals surface area contributed by atoms with Gasteiger partial charge in [0.25, 0.3) is 0 Å². The van der Waals surface area contributed by atoms with E-state index in [9.17, 15) is 9.18 Å². The van der Waals surface area contributed by atoms with E-state index >= 15 is 0 Å². The summed E-state index contributed by atoms with van der Waals surface area (Å²) in [5.74, 6) is 0.277. The van der Waals surface area contributed by atoms with Gasteiger partial charge < -0.3 is 9.64 Å². The minimum absolute atomic E-state index is 0.0427. The van der Waals surface area contributed by atoms with Crippen molar-refractivity contribution in [2.75, 3.05) is 6.54 Å². The summed E-state index contributed by atoms with van der Waals surface area (Å²) in [4.78, 5) is 19.3. The zero-order chi connectivity index (χ0) is 23.5. The Hall–Kier alpha value is -4.24. The molecule has 0 saturated carbocycles. The fraction of sp³-hybridized carbons (Fsp3) is 0.179. The maximum absolute atomic E-state index is 13.8. The monoisotopic (exact) mass is 451 g/mol. The molecule has 5 nitrogen and oxygen atoms in total. The highest BCUT2D eigenvalue weighted by Gasteiger charge is 2.37. The number of rotatable bonds is 6. The normalized spacial score (nSPS) is 15.2. The van der Waals surface area contributed by atoms with Crippen LogP contribution in [0.3, 0.4) is 0 Å². The Morgan fingerprint density at radius 1 is 1.00 bits per heavy atom. The highest BCUT2D eigenvalue weighted by atomic mass is 19.1. The molecule has 5 rings (SSSR count). The summed E-state index contributed by atoms with van der Waals surface area (Å²) in [6.07, 6.45) is 2.38. The van der Waals surface area contributed by atoms with Crippen LogP contribution in [0, 0.1) is 17.1 Å². The molecule has 1 aromatic heterocycles. The van der Waals surface area contributed by atoms with Gasteiger partial charge in [-0.3, -0.25) is 9.78 Å². The first-order chi connectivity index (χ1) is 16.6. The molecule has 2 heterocycles. The fourth-order valence-electron chi connectivity index (χ4n) is 4.56. The van der Waals surface area contributed by atoms with Crippen molar-refractivity contribution >= 4 is 16.8 Å². The van der Waals surface area contributed by atoms with Gasteiger partial charge in [-0.1, -0.05) is 30.3 Å². The van der Waals surface area contributed by atoms with Crippen LogP contribution in [0.2, 0.25) is 0 Å². The van der Waals surface area contributed by atoms with E-state index in [2.05, 4.69) is 11.1 Å². The van der Waals surface area contributed by atoms with Crippen molar-refractivity contribution in [3.63, 3.8) is 0 Å². The molecular formula is C28H22FN3O2. The molecule has 1 aliphatic rings. The second-order valence-corrected chi connectivity index (χ2v) is 8.28. The van der Waals surface area contributed by atoms with E-state index in [0.29, 0.717) is 24.3 Å². The van der Waals surface area contributed by atoms with Gasteiger partial charge in [-0.15, -0.1) is 0 Å². The number of nitrogens with zero attached hydrogens (tertiary/aromatic N) is 3. The molecular weight excluding hydrogens is 429 g/mol. The van der Waals surface area contributed by atoms with Crippen LogP contribution in [-0.4, -0.2) is 22.3 Å². The molecule has 0 aliphatic carbocycles. The van der Waals surface area contributed by atoms with Crippen LogP contribution in [0.4, 0.5) is 4.39 Å². The zero-order valence-electron chi connectivity index (χ0n) is 18.4. The van der Waals surface area contributed by atoms with Crippen LogP contribution in [-0.2, 0) is 4.79 Å². The third-order valence-electron chi connectivity index (χ3n) is 6.18. The first-order valence-electron chi connectivity index (χ1n) is 11.2. The molecule has 0 bridgehead atoms. The van der Waals surface area contributed by atoms with Crippen LogP contribution >= 0.6 is 0 Å². The Bertz CT molecular complexity index is 1360. The van der Waals surface area contributed by atoms with Gasteiger partial charge in [-0.05, 0) is 60.5 Å². The molecule has 34 heavy (non-hydrogen) atoms. The molecule has 168 valence electrons. The number of para-hydroxylation sites is 1. The molecule has 1 amide bonds. The molecule has 1 fully saturated rings. The molecule has 6 heteroatoms. The molecule has 2 atom stereocenters. The first-order valence-corrected chi connectivity index (χ1v) is 11.2. The van der Waals surface area contributed by atoms with Crippen molar-refractivity contribution in [1.82, 2.24) is 9.88 Å². The Kier molecular flexibility index (Phi) is 5.92. The molecule has 2 unspecified atom stereocenters. The van der Waals surface area contributed by atoms with E-state index in [-0.39, 0.29) is 11.7 Å². The molecule has 3 aromatic carbocycles. The minimum atomic E-state index is -0.589. The summed E-state index contributed by atoms with van der Waals surface area (Å²) in [5, 5.41) is 10.1. The highest BCUT2D eigenvalue weighted by molar-refractivity contribution is 5.83. The Balaban J connectivity index is 1.69. The van der Waals surface area contributed by atoms with Gasteiger partial charge in [-0.2, -0.15) is 5.26 Å². The summed E-state index contributed by atoms with van der Waals surface area (Å²) in [7, 11) is 0. The lowest BCUT2D eigenvalue weighted by Gasteiger charge is -2.36. The van der Waals surface area contributed by atoms with Crippen LogP contribution < -0.4 is 4.74 Å². The molecule has 0 spiro atoms. The number of carbonyl (C=O) groups excluding carboxylic acids is 1. The van der Waals surface area contributed by atoms with Gasteiger partial charge in [0, 0.05) is 30.1 Å². The van der Waals surface area contributed by atoms with Gasteiger partial charge in [0.1, 0.15) is 17.7 Å². The SMILES string of the molecule is N#Cc1ccc(OC(c2ccnc3ccccc23)C(c2ccc(F)cc2)N2CCCC2=O)cc1. The molecule has 1 aliphatic heterocycles. The number of hydrogen-bond acceptors (Lipinski definition) is 4. The standard InChI is InChI=1S/C28H22FN3O2/c29-21-11-9-20(10-12-21)27(32-17-3-6-26(32)33)28(34-22-13-7-19(18-30)8-14-22)24-15-16-31-25-5-2-1-4-23(24)25/h1-2,4-5,7-16,27-28H,3,6,17H2. The summed E-state index contributed by atoms with van der Waals surface area (Å²) in [6.45, 7) is 0.594. The van der Waals surface area contributed by atoms with Crippen LogP contribution in [0.1, 0.15) is 41.7 Å². The third kappa shape index (κ3) is 4.20. The Morgan fingerprint density at radius 2 is 1.76 bits per heavy atom. The zero-order valence-corrected chi connectivity index (χ0v) is 18.4. The van der Waals surface area contributed by atoms with Crippen LogP contribution in [0.15, 0.2) is 85.1 Å². The van der Waals surface area contributed by atoms with Crippen molar-refractivity contribution in [3.05, 3.63) is 108 Å². The smallest absolute Gasteiger partial charge is 0.223 e. The number of amides is 1. The third-order valence-corrected chi connectivity index (χ3v) is 6.18. The topological polar surface area (TPSA) is 66.2 Å². The Labute approximate surface area is 197 Å². The molecule has 0 radical (unpaired) electrons. The Morgan fingerprint density at radius 3 is 2.47 bits per heavy atom. The predicted molar refractivity (Wildman–Crippen MR) is 126 cm³/mol. The number of likely N-dealkylation sites (tertiary alicyclic amines) is 1. The number of carbonyl (C=O) groups is 1. The van der Waals surface area contributed by atoms with Gasteiger partial charge in [0.2, 0.25) is 5.91 Å². The van der Waals surface area contributed by atoms with Crippen molar-refractivity contribution in [3.8, 4) is 11.8 Å². The average Bonchev–Trinajstić information content (AvgIpc) is 3.30. The maximum atomic E-state index is 13.8. The first kappa shape index (κ1) is 21.6. The van der Waals surface area contributed by atoms with E-state index in [1.165, 1.54) is 12.1 Å². The number of hydrogen-bond donors (Lipinski definition) is 0. The van der Waals surface area contributed by atoms with Gasteiger partial charge in [-0.25, -0.2) is 4.39 Å². The fourth-order valence-corrected chi connectivity index (χ4v) is 4.56. The number of pyridine rings is 1. The average molecular weight is 452 g/mol. The van der Waals surface area contributed by atoms with Crippen molar-refractivity contribution in [2.45, 2.75) is 25.0 Å². The summed E-state index contributed by atoms with van der Waals surface area (Å²) < 4.78 is 20.4. The second kappa shape index (κ2) is 9.32. The largest absolute Gasteiger partial charge is 0.483 e. The van der Waals surface area contributed by atoms with Gasteiger partial charge in [0.15, 0.2) is 0 Å². The summed E-state index contributed by atoms with van der Waals surface area (Å²) in [6, 6.07) is 24.5. The van der Waals surface area contributed by atoms with E-state index in [1.807, 2.05) is 35.2 Å². The summed E-state index contributed by atoms with van der Waals surface area (Å²) >= 11 is 0. The van der Waals surface area contributed by atoms with Crippen molar-refractivity contribution in [1.29, 1.82) is 5.26 Å². The lowest BCUT2D eigenvalue weighted by atomic mass is 9.92. The van der Waals surface area contributed by atoms with Crippen molar-refractivity contribution in [2.24, 2.45) is 0 Å². The molecule has 4 aromatic rings. The van der Waals surface area contributed by atoms with Crippen LogP contribution in [0.5, 0.6) is 5.75 Å². The lowest BCUT2D eigenvalue weighted by molar-refractivity contribution is -0.131. The number of benzene rings is 3. The second-order valence-electron chi connectivity index (χ2n) is 8.28. The van der Waals surface area contributed by atoms with E-state index < -0.39 is 12.1 Å². The highest BCUT2D eigenvalue weighted by Crippen LogP contribution is 2.41. The minimum Gasteiger partial charge on any atom is -0.483 e. The number of fused-ring (bicyclic) bond motifs is 1. The number of halogens is 1. The number of ether oxygens (including phenoxy) is 1.